The largest absolute Gasteiger partial charge is 0.352 e. The quantitative estimate of drug-likeness (QED) is 0.841. The molecule has 0 unspecified atom stereocenters. The van der Waals surface area contributed by atoms with Crippen LogP contribution in [0.1, 0.15) is 29.8 Å². The summed E-state index contributed by atoms with van der Waals surface area (Å²) in [5, 5.41) is 5.19. The minimum Gasteiger partial charge on any atom is -0.352 e. The third-order valence-electron chi connectivity index (χ3n) is 3.64. The number of carbonyl (C=O) groups excluding carboxylic acids is 2. The maximum Gasteiger partial charge on any atom is 0.256 e. The standard InChI is InChI=1S/C19H20F2N2O2/c1-12(2)18(24)23-16-5-3-4-15(21)17(16)19(25)22-11-10-13-6-8-14(20)9-7-13/h3-9,12H,10-11H2,1-2H3,(H,22,25)(H,23,24). The van der Waals surface area contributed by atoms with Gasteiger partial charge in [-0.25, -0.2) is 8.78 Å². The van der Waals surface area contributed by atoms with Gasteiger partial charge in [0.1, 0.15) is 11.6 Å². The number of anilines is 1. The van der Waals surface area contributed by atoms with Crippen LogP contribution in [0, 0.1) is 17.6 Å². The molecule has 0 atom stereocenters. The van der Waals surface area contributed by atoms with E-state index in [1.165, 1.54) is 30.3 Å². The van der Waals surface area contributed by atoms with E-state index in [4.69, 9.17) is 0 Å². The second-order valence-corrected chi connectivity index (χ2v) is 5.94. The smallest absolute Gasteiger partial charge is 0.256 e. The fourth-order valence-electron chi connectivity index (χ4n) is 2.20. The molecule has 25 heavy (non-hydrogen) atoms. The van der Waals surface area contributed by atoms with Crippen LogP contribution in [0.4, 0.5) is 14.5 Å². The number of rotatable bonds is 6. The second-order valence-electron chi connectivity index (χ2n) is 5.94. The van der Waals surface area contributed by atoms with Gasteiger partial charge in [-0.1, -0.05) is 32.0 Å². The van der Waals surface area contributed by atoms with E-state index in [1.54, 1.807) is 26.0 Å². The van der Waals surface area contributed by atoms with Crippen LogP contribution in [0.25, 0.3) is 0 Å². The topological polar surface area (TPSA) is 58.2 Å². The highest BCUT2D eigenvalue weighted by atomic mass is 19.1. The Morgan fingerprint density at radius 3 is 2.36 bits per heavy atom. The Kier molecular flexibility index (Phi) is 6.22. The second kappa shape index (κ2) is 8.37. The van der Waals surface area contributed by atoms with Gasteiger partial charge in [0.15, 0.2) is 0 Å². The maximum atomic E-state index is 14.1. The Hall–Kier alpha value is -2.76. The van der Waals surface area contributed by atoms with E-state index in [9.17, 15) is 18.4 Å². The average molecular weight is 346 g/mol. The van der Waals surface area contributed by atoms with E-state index in [1.807, 2.05) is 0 Å². The lowest BCUT2D eigenvalue weighted by molar-refractivity contribution is -0.118. The van der Waals surface area contributed by atoms with Crippen molar-refractivity contribution in [2.24, 2.45) is 5.92 Å². The maximum absolute atomic E-state index is 14.1. The molecule has 0 saturated carbocycles. The van der Waals surface area contributed by atoms with Gasteiger partial charge in [-0.05, 0) is 36.2 Å². The number of nitrogens with one attached hydrogen (secondary N) is 2. The monoisotopic (exact) mass is 346 g/mol. The summed E-state index contributed by atoms with van der Waals surface area (Å²) in [5.74, 6) is -2.24. The lowest BCUT2D eigenvalue weighted by atomic mass is 10.1. The van der Waals surface area contributed by atoms with Crippen molar-refractivity contribution in [1.82, 2.24) is 5.32 Å². The van der Waals surface area contributed by atoms with Crippen molar-refractivity contribution in [3.63, 3.8) is 0 Å². The van der Waals surface area contributed by atoms with E-state index in [-0.39, 0.29) is 35.4 Å². The third kappa shape index (κ3) is 5.11. The zero-order valence-corrected chi connectivity index (χ0v) is 14.1. The molecule has 0 aliphatic rings. The third-order valence-corrected chi connectivity index (χ3v) is 3.64. The number of hydrogen-bond donors (Lipinski definition) is 2. The van der Waals surface area contributed by atoms with E-state index in [0.717, 1.165) is 5.56 Å². The molecule has 0 aliphatic heterocycles. The fraction of sp³-hybridized carbons (Fsp3) is 0.263. The van der Waals surface area contributed by atoms with Crippen LogP contribution < -0.4 is 10.6 Å². The number of halogens is 2. The Labute approximate surface area is 145 Å². The van der Waals surface area contributed by atoms with Gasteiger partial charge in [0, 0.05) is 12.5 Å². The van der Waals surface area contributed by atoms with Crippen molar-refractivity contribution in [1.29, 1.82) is 0 Å². The zero-order chi connectivity index (χ0) is 18.4. The van der Waals surface area contributed by atoms with Crippen molar-refractivity contribution in [3.8, 4) is 0 Å². The lowest BCUT2D eigenvalue weighted by Crippen LogP contribution is -2.28. The molecule has 2 aromatic rings. The molecule has 0 aliphatic carbocycles. The first kappa shape index (κ1) is 18.6. The SMILES string of the molecule is CC(C)C(=O)Nc1cccc(F)c1C(=O)NCCc1ccc(F)cc1. The molecular formula is C19H20F2N2O2. The van der Waals surface area contributed by atoms with Crippen LogP contribution >= 0.6 is 0 Å². The van der Waals surface area contributed by atoms with Crippen molar-refractivity contribution >= 4 is 17.5 Å². The molecule has 0 spiro atoms. The molecule has 0 fully saturated rings. The van der Waals surface area contributed by atoms with E-state index >= 15 is 0 Å². The van der Waals surface area contributed by atoms with Gasteiger partial charge in [-0.2, -0.15) is 0 Å². The highest BCUT2D eigenvalue weighted by molar-refractivity contribution is 6.04. The molecule has 0 aromatic heterocycles. The average Bonchev–Trinajstić information content (AvgIpc) is 2.56. The van der Waals surface area contributed by atoms with Gasteiger partial charge in [-0.3, -0.25) is 9.59 Å². The lowest BCUT2D eigenvalue weighted by Gasteiger charge is -2.13. The van der Waals surface area contributed by atoms with Crippen LogP contribution in [0.2, 0.25) is 0 Å². The molecule has 4 nitrogen and oxygen atoms in total. The molecule has 0 bridgehead atoms. The molecule has 0 heterocycles. The summed E-state index contributed by atoms with van der Waals surface area (Å²) in [4.78, 5) is 24.1. The first-order valence-corrected chi connectivity index (χ1v) is 8.00. The van der Waals surface area contributed by atoms with E-state index in [0.29, 0.717) is 6.42 Å². The fourth-order valence-corrected chi connectivity index (χ4v) is 2.20. The van der Waals surface area contributed by atoms with Crippen LogP contribution in [0.15, 0.2) is 42.5 Å². The minimum absolute atomic E-state index is 0.137. The summed E-state index contributed by atoms with van der Waals surface area (Å²) < 4.78 is 27.0. The van der Waals surface area contributed by atoms with Gasteiger partial charge in [0.05, 0.1) is 11.3 Å². The highest BCUT2D eigenvalue weighted by Crippen LogP contribution is 2.19. The van der Waals surface area contributed by atoms with Crippen LogP contribution in [0.5, 0.6) is 0 Å². The predicted octanol–water partition coefficient (Wildman–Crippen LogP) is 3.53. The van der Waals surface area contributed by atoms with Crippen LogP contribution in [-0.4, -0.2) is 18.4 Å². The molecular weight excluding hydrogens is 326 g/mol. The number of amides is 2. The normalized spacial score (nSPS) is 10.6. The molecule has 6 heteroatoms. The molecule has 0 saturated heterocycles. The molecule has 2 aromatic carbocycles. The molecule has 132 valence electrons. The Morgan fingerprint density at radius 1 is 1.04 bits per heavy atom. The summed E-state index contributed by atoms with van der Waals surface area (Å²) in [6.45, 7) is 3.67. The van der Waals surface area contributed by atoms with Crippen LogP contribution in [0.3, 0.4) is 0 Å². The first-order chi connectivity index (χ1) is 11.9. The molecule has 2 N–H and O–H groups in total. The summed E-state index contributed by atoms with van der Waals surface area (Å²) in [5.41, 5.74) is 0.789. The zero-order valence-electron chi connectivity index (χ0n) is 14.1. The molecule has 0 radical (unpaired) electrons. The summed E-state index contributed by atoms with van der Waals surface area (Å²) in [6.07, 6.45) is 0.480. The molecule has 2 rings (SSSR count). The number of benzene rings is 2. The highest BCUT2D eigenvalue weighted by Gasteiger charge is 2.18. The van der Waals surface area contributed by atoms with Gasteiger partial charge in [0.25, 0.3) is 5.91 Å². The van der Waals surface area contributed by atoms with Crippen molar-refractivity contribution < 1.29 is 18.4 Å². The van der Waals surface area contributed by atoms with Gasteiger partial charge in [0.2, 0.25) is 5.91 Å². The predicted molar refractivity (Wildman–Crippen MR) is 92.3 cm³/mol. The summed E-state index contributed by atoms with van der Waals surface area (Å²) in [6, 6.07) is 10.0. The van der Waals surface area contributed by atoms with Gasteiger partial charge >= 0.3 is 0 Å². The van der Waals surface area contributed by atoms with E-state index < -0.39 is 11.7 Å². The summed E-state index contributed by atoms with van der Waals surface area (Å²) >= 11 is 0. The Morgan fingerprint density at radius 2 is 1.72 bits per heavy atom. The van der Waals surface area contributed by atoms with Crippen LogP contribution in [-0.2, 0) is 11.2 Å². The minimum atomic E-state index is -0.708. The van der Waals surface area contributed by atoms with Crippen molar-refractivity contribution in [3.05, 3.63) is 65.2 Å². The van der Waals surface area contributed by atoms with Crippen molar-refractivity contribution in [2.75, 3.05) is 11.9 Å². The van der Waals surface area contributed by atoms with Gasteiger partial charge < -0.3 is 10.6 Å². The van der Waals surface area contributed by atoms with Gasteiger partial charge in [-0.15, -0.1) is 0 Å². The first-order valence-electron chi connectivity index (χ1n) is 8.00. The van der Waals surface area contributed by atoms with Crippen molar-refractivity contribution in [2.45, 2.75) is 20.3 Å². The molecule has 2 amide bonds. The number of hydrogen-bond acceptors (Lipinski definition) is 2. The van der Waals surface area contributed by atoms with E-state index in [2.05, 4.69) is 10.6 Å². The summed E-state index contributed by atoms with van der Waals surface area (Å²) in [7, 11) is 0. The number of carbonyl (C=O) groups is 2. The Balaban J connectivity index is 2.05. The Bertz CT molecular complexity index is 759.